The number of nitrogens with zero attached hydrogens (tertiary/aromatic N) is 2. The predicted octanol–water partition coefficient (Wildman–Crippen LogP) is 2.92. The van der Waals surface area contributed by atoms with Crippen molar-refractivity contribution >= 4 is 22.6 Å². The summed E-state index contributed by atoms with van der Waals surface area (Å²) >= 11 is 6.06. The quantitative estimate of drug-likeness (QED) is 0.768. The van der Waals surface area contributed by atoms with Gasteiger partial charge in [-0.1, -0.05) is 23.7 Å². The third-order valence-corrected chi connectivity index (χ3v) is 3.04. The fourth-order valence-electron chi connectivity index (χ4n) is 1.83. The van der Waals surface area contributed by atoms with Crippen LogP contribution in [0.25, 0.3) is 11.0 Å². The van der Waals surface area contributed by atoms with E-state index in [-0.39, 0.29) is 0 Å². The van der Waals surface area contributed by atoms with Crippen molar-refractivity contribution in [3.05, 3.63) is 59.3 Å². The summed E-state index contributed by atoms with van der Waals surface area (Å²) in [7, 11) is 0. The molecule has 0 aliphatic rings. The standard InChI is InChI=1S/C13H10ClN3O/c14-9-3-1-2-8-6-11(18-13(8)9)12(15)10-4-5-16-7-17-10/h1-7,12H,15H2. The smallest absolute Gasteiger partial charge is 0.152 e. The first kappa shape index (κ1) is 11.2. The lowest BCUT2D eigenvalue weighted by molar-refractivity contribution is 0.520. The minimum absolute atomic E-state index is 0.420. The van der Waals surface area contributed by atoms with Crippen molar-refractivity contribution in [3.8, 4) is 0 Å². The van der Waals surface area contributed by atoms with Gasteiger partial charge in [0.1, 0.15) is 18.1 Å². The third-order valence-electron chi connectivity index (χ3n) is 2.75. The van der Waals surface area contributed by atoms with Gasteiger partial charge in [-0.2, -0.15) is 0 Å². The highest BCUT2D eigenvalue weighted by Crippen LogP contribution is 2.30. The van der Waals surface area contributed by atoms with E-state index in [1.807, 2.05) is 18.2 Å². The Morgan fingerprint density at radius 2 is 2.17 bits per heavy atom. The lowest BCUT2D eigenvalue weighted by atomic mass is 10.1. The van der Waals surface area contributed by atoms with Crippen LogP contribution < -0.4 is 5.73 Å². The molecule has 1 atom stereocenters. The fourth-order valence-corrected chi connectivity index (χ4v) is 2.05. The molecule has 0 fully saturated rings. The highest BCUT2D eigenvalue weighted by atomic mass is 35.5. The molecule has 2 aromatic heterocycles. The van der Waals surface area contributed by atoms with Gasteiger partial charge in [0.15, 0.2) is 5.58 Å². The van der Waals surface area contributed by atoms with Crippen molar-refractivity contribution in [2.75, 3.05) is 0 Å². The summed E-state index contributed by atoms with van der Waals surface area (Å²) in [5.41, 5.74) is 7.46. The summed E-state index contributed by atoms with van der Waals surface area (Å²) in [5.74, 6) is 0.636. The van der Waals surface area contributed by atoms with E-state index in [0.717, 1.165) is 5.39 Å². The maximum Gasteiger partial charge on any atom is 0.152 e. The number of para-hydroxylation sites is 1. The topological polar surface area (TPSA) is 64.9 Å². The van der Waals surface area contributed by atoms with Gasteiger partial charge in [0.2, 0.25) is 0 Å². The summed E-state index contributed by atoms with van der Waals surface area (Å²) in [6.07, 6.45) is 3.11. The summed E-state index contributed by atoms with van der Waals surface area (Å²) in [5, 5.41) is 1.51. The Balaban J connectivity index is 2.07. The van der Waals surface area contributed by atoms with Gasteiger partial charge in [0, 0.05) is 11.6 Å². The fraction of sp³-hybridized carbons (Fsp3) is 0.0769. The van der Waals surface area contributed by atoms with Crippen molar-refractivity contribution in [3.63, 3.8) is 0 Å². The van der Waals surface area contributed by atoms with Crippen LogP contribution in [-0.2, 0) is 0 Å². The van der Waals surface area contributed by atoms with E-state index < -0.39 is 6.04 Å². The number of nitrogens with two attached hydrogens (primary N) is 1. The monoisotopic (exact) mass is 259 g/mol. The van der Waals surface area contributed by atoms with Crippen molar-refractivity contribution in [1.82, 2.24) is 9.97 Å². The van der Waals surface area contributed by atoms with E-state index in [1.165, 1.54) is 6.33 Å². The SMILES string of the molecule is NC(c1ccncn1)c1cc2cccc(Cl)c2o1. The number of fused-ring (bicyclic) bond motifs is 1. The molecule has 0 amide bonds. The second kappa shape index (κ2) is 4.40. The average Bonchev–Trinajstić information content (AvgIpc) is 2.84. The number of rotatable bonds is 2. The van der Waals surface area contributed by atoms with Gasteiger partial charge in [-0.25, -0.2) is 9.97 Å². The van der Waals surface area contributed by atoms with Crippen molar-refractivity contribution < 1.29 is 4.42 Å². The van der Waals surface area contributed by atoms with Crippen molar-refractivity contribution in [2.45, 2.75) is 6.04 Å². The van der Waals surface area contributed by atoms with Crippen LogP contribution in [0.1, 0.15) is 17.5 Å². The van der Waals surface area contributed by atoms with Gasteiger partial charge in [0.05, 0.1) is 10.7 Å². The minimum atomic E-state index is -0.420. The van der Waals surface area contributed by atoms with Crippen molar-refractivity contribution in [1.29, 1.82) is 0 Å². The number of furan rings is 1. The van der Waals surface area contributed by atoms with Crippen LogP contribution in [0.15, 0.2) is 47.3 Å². The number of halogens is 1. The number of hydrogen-bond acceptors (Lipinski definition) is 4. The first-order valence-electron chi connectivity index (χ1n) is 5.45. The van der Waals surface area contributed by atoms with Crippen LogP contribution >= 0.6 is 11.6 Å². The zero-order chi connectivity index (χ0) is 12.5. The van der Waals surface area contributed by atoms with E-state index in [0.29, 0.717) is 22.1 Å². The molecule has 18 heavy (non-hydrogen) atoms. The molecule has 1 aromatic carbocycles. The Morgan fingerprint density at radius 3 is 2.89 bits per heavy atom. The second-order valence-electron chi connectivity index (χ2n) is 3.92. The zero-order valence-electron chi connectivity index (χ0n) is 9.38. The lowest BCUT2D eigenvalue weighted by Gasteiger charge is -2.06. The molecule has 3 aromatic rings. The summed E-state index contributed by atoms with van der Waals surface area (Å²) in [4.78, 5) is 7.98. The van der Waals surface area contributed by atoms with Gasteiger partial charge in [-0.15, -0.1) is 0 Å². The Labute approximate surface area is 108 Å². The normalized spacial score (nSPS) is 12.8. The van der Waals surface area contributed by atoms with Gasteiger partial charge in [0.25, 0.3) is 0 Å². The van der Waals surface area contributed by atoms with Crippen LogP contribution in [0.4, 0.5) is 0 Å². The molecule has 1 unspecified atom stereocenters. The molecule has 90 valence electrons. The lowest BCUT2D eigenvalue weighted by Crippen LogP contribution is -2.12. The maximum atomic E-state index is 6.10. The Hall–Kier alpha value is -1.91. The highest BCUT2D eigenvalue weighted by Gasteiger charge is 2.16. The van der Waals surface area contributed by atoms with Crippen LogP contribution in [0.2, 0.25) is 5.02 Å². The molecule has 2 heterocycles. The molecule has 0 saturated carbocycles. The van der Waals surface area contributed by atoms with Gasteiger partial charge >= 0.3 is 0 Å². The highest BCUT2D eigenvalue weighted by molar-refractivity contribution is 6.34. The summed E-state index contributed by atoms with van der Waals surface area (Å²) < 4.78 is 5.70. The third kappa shape index (κ3) is 1.85. The first-order chi connectivity index (χ1) is 8.75. The molecule has 3 rings (SSSR count). The van der Waals surface area contributed by atoms with E-state index in [1.54, 1.807) is 18.3 Å². The number of benzene rings is 1. The van der Waals surface area contributed by atoms with E-state index >= 15 is 0 Å². The molecule has 0 bridgehead atoms. The van der Waals surface area contributed by atoms with E-state index in [9.17, 15) is 0 Å². The molecule has 4 nitrogen and oxygen atoms in total. The summed E-state index contributed by atoms with van der Waals surface area (Å²) in [6, 6.07) is 8.82. The molecule has 0 aliphatic heterocycles. The van der Waals surface area contributed by atoms with E-state index in [2.05, 4.69) is 9.97 Å². The van der Waals surface area contributed by atoms with Gasteiger partial charge in [-0.05, 0) is 18.2 Å². The molecule has 2 N–H and O–H groups in total. The van der Waals surface area contributed by atoms with Crippen LogP contribution in [0.3, 0.4) is 0 Å². The summed E-state index contributed by atoms with van der Waals surface area (Å²) in [6.45, 7) is 0. The number of hydrogen-bond donors (Lipinski definition) is 1. The van der Waals surface area contributed by atoms with Crippen LogP contribution in [-0.4, -0.2) is 9.97 Å². The largest absolute Gasteiger partial charge is 0.457 e. The molecule has 5 heteroatoms. The minimum Gasteiger partial charge on any atom is -0.457 e. The van der Waals surface area contributed by atoms with Crippen LogP contribution in [0, 0.1) is 0 Å². The van der Waals surface area contributed by atoms with E-state index in [4.69, 9.17) is 21.8 Å². The molecule has 0 spiro atoms. The Morgan fingerprint density at radius 1 is 1.28 bits per heavy atom. The molecule has 0 saturated heterocycles. The van der Waals surface area contributed by atoms with Crippen molar-refractivity contribution in [2.24, 2.45) is 5.73 Å². The molecule has 0 aliphatic carbocycles. The number of aromatic nitrogens is 2. The molecule has 0 radical (unpaired) electrons. The van der Waals surface area contributed by atoms with Gasteiger partial charge in [-0.3, -0.25) is 0 Å². The second-order valence-corrected chi connectivity index (χ2v) is 4.33. The maximum absolute atomic E-state index is 6.10. The zero-order valence-corrected chi connectivity index (χ0v) is 10.1. The predicted molar refractivity (Wildman–Crippen MR) is 69.3 cm³/mol. The van der Waals surface area contributed by atoms with Crippen LogP contribution in [0.5, 0.6) is 0 Å². The average molecular weight is 260 g/mol. The van der Waals surface area contributed by atoms with Gasteiger partial charge < -0.3 is 10.2 Å². The molecular weight excluding hydrogens is 250 g/mol. The first-order valence-corrected chi connectivity index (χ1v) is 5.83. The Kier molecular flexibility index (Phi) is 2.74. The molecular formula is C13H10ClN3O. The Bertz CT molecular complexity index is 681.